The van der Waals surface area contributed by atoms with E-state index >= 15 is 0 Å². The van der Waals surface area contributed by atoms with Gasteiger partial charge in [0.05, 0.1) is 0 Å². The number of nitrogens with two attached hydrogens (primary N) is 1. The summed E-state index contributed by atoms with van der Waals surface area (Å²) in [6, 6.07) is 16.4. The summed E-state index contributed by atoms with van der Waals surface area (Å²) in [6.07, 6.45) is 2.25. The summed E-state index contributed by atoms with van der Waals surface area (Å²) in [4.78, 5) is 15.8. The van der Waals surface area contributed by atoms with Crippen molar-refractivity contribution in [3.63, 3.8) is 0 Å². The van der Waals surface area contributed by atoms with E-state index in [1.54, 1.807) is 0 Å². The first-order valence-electron chi connectivity index (χ1n) is 9.64. The minimum absolute atomic E-state index is 0.0291. The van der Waals surface area contributed by atoms with Gasteiger partial charge in [0, 0.05) is 24.0 Å². The standard InChI is InChI=1S/C22H26N4O/c23-13-15-1-3-17(4-2-15)18-5-6-19-12-21(26-20(19)11-18)22(27)25-14-16-7-9-24-10-8-16/h1-6,11-12,16,24,26H,7-10,13-14,23H2,(H,25,27). The Balaban J connectivity index is 1.48. The number of H-pyrrole nitrogens is 1. The van der Waals surface area contributed by atoms with Crippen molar-refractivity contribution in [3.05, 3.63) is 59.8 Å². The number of hydrogen-bond donors (Lipinski definition) is 4. The van der Waals surface area contributed by atoms with Gasteiger partial charge < -0.3 is 21.4 Å². The molecule has 5 heteroatoms. The monoisotopic (exact) mass is 362 g/mol. The van der Waals surface area contributed by atoms with Gasteiger partial charge in [-0.1, -0.05) is 36.4 Å². The first-order chi connectivity index (χ1) is 13.2. The van der Waals surface area contributed by atoms with Crippen LogP contribution in [0, 0.1) is 5.92 Å². The van der Waals surface area contributed by atoms with E-state index in [1.165, 1.54) is 0 Å². The normalized spacial score (nSPS) is 15.1. The number of amides is 1. The first-order valence-corrected chi connectivity index (χ1v) is 9.64. The van der Waals surface area contributed by atoms with Crippen molar-refractivity contribution in [2.45, 2.75) is 19.4 Å². The highest BCUT2D eigenvalue weighted by atomic mass is 16.1. The van der Waals surface area contributed by atoms with Crippen LogP contribution in [0.25, 0.3) is 22.0 Å². The molecule has 1 aromatic heterocycles. The summed E-state index contributed by atoms with van der Waals surface area (Å²) in [6.45, 7) is 3.38. The van der Waals surface area contributed by atoms with Crippen molar-refractivity contribution in [3.8, 4) is 11.1 Å². The van der Waals surface area contributed by atoms with Crippen LogP contribution in [0.5, 0.6) is 0 Å². The van der Waals surface area contributed by atoms with Gasteiger partial charge in [-0.15, -0.1) is 0 Å². The Morgan fingerprint density at radius 1 is 1.04 bits per heavy atom. The average Bonchev–Trinajstić information content (AvgIpc) is 3.16. The van der Waals surface area contributed by atoms with Crippen molar-refractivity contribution >= 4 is 16.8 Å². The molecule has 1 aliphatic rings. The molecule has 5 nitrogen and oxygen atoms in total. The Morgan fingerprint density at radius 3 is 2.52 bits per heavy atom. The number of rotatable bonds is 5. The minimum atomic E-state index is -0.0291. The second kappa shape index (κ2) is 7.94. The van der Waals surface area contributed by atoms with Gasteiger partial charge in [-0.05, 0) is 60.7 Å². The Bertz CT molecular complexity index is 923. The molecule has 1 fully saturated rings. The molecule has 27 heavy (non-hydrogen) atoms. The molecule has 3 aromatic rings. The van der Waals surface area contributed by atoms with E-state index in [-0.39, 0.29) is 5.91 Å². The van der Waals surface area contributed by atoms with Crippen molar-refractivity contribution in [1.82, 2.24) is 15.6 Å². The Labute approximate surface area is 159 Å². The number of fused-ring (bicyclic) bond motifs is 1. The SMILES string of the molecule is NCc1ccc(-c2ccc3cc(C(=O)NCC4CCNCC4)[nH]c3c2)cc1. The molecule has 2 aromatic carbocycles. The summed E-state index contributed by atoms with van der Waals surface area (Å²) >= 11 is 0. The number of benzene rings is 2. The topological polar surface area (TPSA) is 82.9 Å². The van der Waals surface area contributed by atoms with Crippen LogP contribution in [0.2, 0.25) is 0 Å². The molecular weight excluding hydrogens is 336 g/mol. The number of aromatic nitrogens is 1. The zero-order valence-electron chi connectivity index (χ0n) is 15.4. The second-order valence-corrected chi connectivity index (χ2v) is 7.29. The lowest BCUT2D eigenvalue weighted by Crippen LogP contribution is -2.36. The first kappa shape index (κ1) is 17.8. The van der Waals surface area contributed by atoms with Crippen molar-refractivity contribution in [1.29, 1.82) is 0 Å². The summed E-state index contributed by atoms with van der Waals surface area (Å²) in [7, 11) is 0. The lowest BCUT2D eigenvalue weighted by Gasteiger charge is -2.22. The lowest BCUT2D eigenvalue weighted by atomic mass is 9.98. The maximum atomic E-state index is 12.5. The lowest BCUT2D eigenvalue weighted by molar-refractivity contribution is 0.0940. The van der Waals surface area contributed by atoms with Gasteiger partial charge in [-0.25, -0.2) is 0 Å². The molecule has 1 saturated heterocycles. The predicted octanol–water partition coefficient (Wildman–Crippen LogP) is 3.02. The molecule has 0 aliphatic carbocycles. The quantitative estimate of drug-likeness (QED) is 0.563. The van der Waals surface area contributed by atoms with Gasteiger partial charge in [0.1, 0.15) is 5.69 Å². The molecule has 0 spiro atoms. The number of hydrogen-bond acceptors (Lipinski definition) is 3. The van der Waals surface area contributed by atoms with Gasteiger partial charge in [-0.2, -0.15) is 0 Å². The molecule has 140 valence electrons. The molecule has 0 saturated carbocycles. The smallest absolute Gasteiger partial charge is 0.267 e. The maximum absolute atomic E-state index is 12.5. The largest absolute Gasteiger partial charge is 0.351 e. The second-order valence-electron chi connectivity index (χ2n) is 7.29. The number of aromatic amines is 1. The highest BCUT2D eigenvalue weighted by molar-refractivity contribution is 5.98. The average molecular weight is 362 g/mol. The molecule has 5 N–H and O–H groups in total. The summed E-state index contributed by atoms with van der Waals surface area (Å²) in [5.41, 5.74) is 10.6. The molecular formula is C22H26N4O. The molecule has 2 heterocycles. The van der Waals surface area contributed by atoms with E-state index in [0.29, 0.717) is 18.2 Å². The fourth-order valence-electron chi connectivity index (χ4n) is 3.68. The van der Waals surface area contributed by atoms with Gasteiger partial charge >= 0.3 is 0 Å². The number of carbonyl (C=O) groups is 1. The van der Waals surface area contributed by atoms with Crippen LogP contribution in [0.15, 0.2) is 48.5 Å². The predicted molar refractivity (Wildman–Crippen MR) is 110 cm³/mol. The summed E-state index contributed by atoms with van der Waals surface area (Å²) < 4.78 is 0. The molecule has 0 radical (unpaired) electrons. The fourth-order valence-corrected chi connectivity index (χ4v) is 3.68. The van der Waals surface area contributed by atoms with Crippen LogP contribution in [0.3, 0.4) is 0 Å². The fraction of sp³-hybridized carbons (Fsp3) is 0.318. The third kappa shape index (κ3) is 4.04. The van der Waals surface area contributed by atoms with Gasteiger partial charge in [0.15, 0.2) is 0 Å². The van der Waals surface area contributed by atoms with E-state index in [1.807, 2.05) is 18.2 Å². The van der Waals surface area contributed by atoms with Crippen molar-refractivity contribution in [2.24, 2.45) is 11.7 Å². The molecule has 1 aliphatic heterocycles. The number of nitrogens with one attached hydrogen (secondary N) is 3. The highest BCUT2D eigenvalue weighted by Gasteiger charge is 2.15. The molecule has 0 unspecified atom stereocenters. The minimum Gasteiger partial charge on any atom is -0.351 e. The number of carbonyl (C=O) groups excluding carboxylic acids is 1. The highest BCUT2D eigenvalue weighted by Crippen LogP contribution is 2.25. The van der Waals surface area contributed by atoms with E-state index in [4.69, 9.17) is 5.73 Å². The number of piperidine rings is 1. The third-order valence-electron chi connectivity index (χ3n) is 5.40. The van der Waals surface area contributed by atoms with Crippen LogP contribution >= 0.6 is 0 Å². The molecule has 0 atom stereocenters. The van der Waals surface area contributed by atoms with Gasteiger partial charge in [-0.3, -0.25) is 4.79 Å². The van der Waals surface area contributed by atoms with Crippen LogP contribution in [0.1, 0.15) is 28.9 Å². The Hall–Kier alpha value is -2.63. The van der Waals surface area contributed by atoms with Crippen LogP contribution in [-0.2, 0) is 6.54 Å². The van der Waals surface area contributed by atoms with Crippen LogP contribution in [0.4, 0.5) is 0 Å². The van der Waals surface area contributed by atoms with Crippen LogP contribution < -0.4 is 16.4 Å². The van der Waals surface area contributed by atoms with E-state index in [9.17, 15) is 4.79 Å². The summed E-state index contributed by atoms with van der Waals surface area (Å²) in [5, 5.41) is 7.48. The van der Waals surface area contributed by atoms with E-state index in [0.717, 1.165) is 60.1 Å². The molecule has 4 rings (SSSR count). The van der Waals surface area contributed by atoms with Gasteiger partial charge in [0.2, 0.25) is 0 Å². The van der Waals surface area contributed by atoms with Crippen molar-refractivity contribution in [2.75, 3.05) is 19.6 Å². The van der Waals surface area contributed by atoms with Crippen LogP contribution in [-0.4, -0.2) is 30.5 Å². The van der Waals surface area contributed by atoms with E-state index < -0.39 is 0 Å². The third-order valence-corrected chi connectivity index (χ3v) is 5.40. The zero-order chi connectivity index (χ0) is 18.6. The molecule has 1 amide bonds. The zero-order valence-corrected chi connectivity index (χ0v) is 15.4. The van der Waals surface area contributed by atoms with Crippen molar-refractivity contribution < 1.29 is 4.79 Å². The van der Waals surface area contributed by atoms with Gasteiger partial charge in [0.25, 0.3) is 5.91 Å². The summed E-state index contributed by atoms with van der Waals surface area (Å²) in [5.74, 6) is 0.543. The Morgan fingerprint density at radius 2 is 1.78 bits per heavy atom. The Kier molecular flexibility index (Phi) is 5.23. The molecule has 0 bridgehead atoms. The maximum Gasteiger partial charge on any atom is 0.267 e. The van der Waals surface area contributed by atoms with E-state index in [2.05, 4.69) is 45.9 Å².